The number of guanidine groups is 1. The summed E-state index contributed by atoms with van der Waals surface area (Å²) in [6, 6.07) is 0.546. The summed E-state index contributed by atoms with van der Waals surface area (Å²) in [6.07, 6.45) is 5.60. The van der Waals surface area contributed by atoms with Gasteiger partial charge in [-0.05, 0) is 38.4 Å². The van der Waals surface area contributed by atoms with E-state index >= 15 is 0 Å². The number of rotatable bonds is 4. The monoisotopic (exact) mass is 413 g/mol. The summed E-state index contributed by atoms with van der Waals surface area (Å²) < 4.78 is 0. The third kappa shape index (κ3) is 5.97. The van der Waals surface area contributed by atoms with E-state index in [-0.39, 0.29) is 30.1 Å². The SMILES string of the molecule is CCNC(=NCC1CCCC1O)NC1CCCSC1.I. The zero-order valence-electron chi connectivity index (χ0n) is 12.3. The van der Waals surface area contributed by atoms with E-state index in [1.165, 1.54) is 24.3 Å². The molecule has 2 rings (SSSR count). The maximum Gasteiger partial charge on any atom is 0.191 e. The predicted molar refractivity (Wildman–Crippen MR) is 98.2 cm³/mol. The van der Waals surface area contributed by atoms with Crippen LogP contribution >= 0.6 is 35.7 Å². The third-order valence-electron chi connectivity index (χ3n) is 3.95. The number of aliphatic hydroxyl groups excluding tert-OH is 1. The number of hydrogen-bond acceptors (Lipinski definition) is 3. The summed E-state index contributed by atoms with van der Waals surface area (Å²) in [5.74, 6) is 3.75. The zero-order valence-corrected chi connectivity index (χ0v) is 15.5. The molecule has 2 aliphatic rings. The second-order valence-corrected chi connectivity index (χ2v) is 6.69. The van der Waals surface area contributed by atoms with Crippen LogP contribution in [-0.4, -0.2) is 47.8 Å². The first kappa shape index (κ1) is 18.4. The fourth-order valence-electron chi connectivity index (χ4n) is 2.81. The molecule has 1 saturated carbocycles. The van der Waals surface area contributed by atoms with Crippen LogP contribution in [-0.2, 0) is 0 Å². The van der Waals surface area contributed by atoms with Gasteiger partial charge in [0.2, 0.25) is 0 Å². The van der Waals surface area contributed by atoms with E-state index < -0.39 is 0 Å². The molecule has 3 N–H and O–H groups in total. The van der Waals surface area contributed by atoms with Crippen molar-refractivity contribution in [2.75, 3.05) is 24.6 Å². The Morgan fingerprint density at radius 1 is 1.30 bits per heavy atom. The highest BCUT2D eigenvalue weighted by molar-refractivity contribution is 14.0. The smallest absolute Gasteiger partial charge is 0.191 e. The van der Waals surface area contributed by atoms with Crippen molar-refractivity contribution < 1.29 is 5.11 Å². The van der Waals surface area contributed by atoms with E-state index in [4.69, 9.17) is 0 Å². The van der Waals surface area contributed by atoms with E-state index in [9.17, 15) is 5.11 Å². The van der Waals surface area contributed by atoms with Gasteiger partial charge in [0.05, 0.1) is 6.10 Å². The van der Waals surface area contributed by atoms with Gasteiger partial charge in [-0.1, -0.05) is 6.42 Å². The molecule has 0 amide bonds. The summed E-state index contributed by atoms with van der Waals surface area (Å²) in [5.41, 5.74) is 0. The molecule has 1 aliphatic carbocycles. The molecule has 2 fully saturated rings. The minimum atomic E-state index is -0.142. The highest BCUT2D eigenvalue weighted by Crippen LogP contribution is 2.25. The molecule has 20 heavy (non-hydrogen) atoms. The number of aliphatic imine (C=N–C) groups is 1. The van der Waals surface area contributed by atoms with Gasteiger partial charge in [0.15, 0.2) is 5.96 Å². The van der Waals surface area contributed by atoms with Gasteiger partial charge < -0.3 is 15.7 Å². The Morgan fingerprint density at radius 2 is 2.15 bits per heavy atom. The van der Waals surface area contributed by atoms with Gasteiger partial charge >= 0.3 is 0 Å². The Hall–Kier alpha value is 0.310. The number of nitrogens with one attached hydrogen (secondary N) is 2. The minimum Gasteiger partial charge on any atom is -0.393 e. The van der Waals surface area contributed by atoms with Crippen molar-refractivity contribution in [3.8, 4) is 0 Å². The van der Waals surface area contributed by atoms with Crippen LogP contribution in [0.5, 0.6) is 0 Å². The van der Waals surface area contributed by atoms with Crippen LogP contribution in [0.25, 0.3) is 0 Å². The molecule has 0 aromatic heterocycles. The fraction of sp³-hybridized carbons (Fsp3) is 0.929. The van der Waals surface area contributed by atoms with Gasteiger partial charge in [-0.3, -0.25) is 4.99 Å². The van der Waals surface area contributed by atoms with Crippen LogP contribution in [0.15, 0.2) is 4.99 Å². The van der Waals surface area contributed by atoms with E-state index in [1.807, 2.05) is 11.8 Å². The normalized spacial score (nSPS) is 30.7. The van der Waals surface area contributed by atoms with Crippen LogP contribution in [0.3, 0.4) is 0 Å². The molecule has 0 bridgehead atoms. The number of halogens is 1. The summed E-state index contributed by atoms with van der Waals surface area (Å²) in [5, 5.41) is 16.7. The summed E-state index contributed by atoms with van der Waals surface area (Å²) in [7, 11) is 0. The van der Waals surface area contributed by atoms with E-state index in [2.05, 4.69) is 22.5 Å². The highest BCUT2D eigenvalue weighted by Gasteiger charge is 2.25. The molecule has 4 nitrogen and oxygen atoms in total. The van der Waals surface area contributed by atoms with E-state index in [1.54, 1.807) is 0 Å². The lowest BCUT2D eigenvalue weighted by atomic mass is 10.1. The molecule has 3 atom stereocenters. The highest BCUT2D eigenvalue weighted by atomic mass is 127. The van der Waals surface area contributed by atoms with Crippen molar-refractivity contribution in [2.24, 2.45) is 10.9 Å². The standard InChI is InChI=1S/C14H27N3OS.HI/c1-2-15-14(17-12-6-4-8-19-10-12)16-9-11-5-3-7-13(11)18;/h11-13,18H,2-10H2,1H3,(H2,15,16,17);1H. The van der Waals surface area contributed by atoms with Gasteiger partial charge in [0, 0.05) is 30.8 Å². The van der Waals surface area contributed by atoms with Crippen LogP contribution < -0.4 is 10.6 Å². The van der Waals surface area contributed by atoms with Gasteiger partial charge in [0.25, 0.3) is 0 Å². The molecular formula is C14H28IN3OS. The first-order chi connectivity index (χ1) is 9.29. The Labute approximate surface area is 144 Å². The molecule has 6 heteroatoms. The Kier molecular flexibility index (Phi) is 9.28. The van der Waals surface area contributed by atoms with E-state index in [0.29, 0.717) is 12.0 Å². The average Bonchev–Trinajstić information content (AvgIpc) is 2.83. The minimum absolute atomic E-state index is 0. The molecule has 0 aromatic rings. The molecule has 1 heterocycles. The lowest BCUT2D eigenvalue weighted by Gasteiger charge is -2.25. The van der Waals surface area contributed by atoms with Crippen LogP contribution in [0, 0.1) is 5.92 Å². The molecule has 1 saturated heterocycles. The van der Waals surface area contributed by atoms with Crippen LogP contribution in [0.1, 0.15) is 39.0 Å². The number of thioether (sulfide) groups is 1. The third-order valence-corrected chi connectivity index (χ3v) is 5.16. The van der Waals surface area contributed by atoms with Gasteiger partial charge in [-0.25, -0.2) is 0 Å². The first-order valence-corrected chi connectivity index (χ1v) is 8.75. The maximum absolute atomic E-state index is 9.84. The second-order valence-electron chi connectivity index (χ2n) is 5.54. The van der Waals surface area contributed by atoms with E-state index in [0.717, 1.165) is 38.3 Å². The van der Waals surface area contributed by atoms with Crippen molar-refractivity contribution in [1.29, 1.82) is 0 Å². The first-order valence-electron chi connectivity index (χ1n) is 7.60. The predicted octanol–water partition coefficient (Wildman–Crippen LogP) is 2.22. The molecule has 0 spiro atoms. The molecule has 0 aromatic carbocycles. The number of hydrogen-bond donors (Lipinski definition) is 3. The summed E-state index contributed by atoms with van der Waals surface area (Å²) in [6.45, 7) is 3.73. The van der Waals surface area contributed by atoms with Crippen molar-refractivity contribution in [3.63, 3.8) is 0 Å². The Balaban J connectivity index is 0.00000200. The number of nitrogens with zero attached hydrogens (tertiary/aromatic N) is 1. The average molecular weight is 413 g/mol. The van der Waals surface area contributed by atoms with Crippen molar-refractivity contribution in [3.05, 3.63) is 0 Å². The van der Waals surface area contributed by atoms with Gasteiger partial charge in [-0.15, -0.1) is 24.0 Å². The van der Waals surface area contributed by atoms with Crippen molar-refractivity contribution in [1.82, 2.24) is 10.6 Å². The quantitative estimate of drug-likeness (QED) is 0.376. The van der Waals surface area contributed by atoms with Crippen LogP contribution in [0.4, 0.5) is 0 Å². The lowest BCUT2D eigenvalue weighted by Crippen LogP contribution is -2.45. The molecule has 118 valence electrons. The summed E-state index contributed by atoms with van der Waals surface area (Å²) in [4.78, 5) is 4.67. The van der Waals surface area contributed by atoms with Crippen molar-refractivity contribution >= 4 is 41.7 Å². The molecule has 3 unspecified atom stereocenters. The molecule has 1 aliphatic heterocycles. The topological polar surface area (TPSA) is 56.7 Å². The summed E-state index contributed by atoms with van der Waals surface area (Å²) >= 11 is 2.02. The van der Waals surface area contributed by atoms with Gasteiger partial charge in [0.1, 0.15) is 0 Å². The fourth-order valence-corrected chi connectivity index (χ4v) is 3.88. The number of aliphatic hydroxyl groups is 1. The largest absolute Gasteiger partial charge is 0.393 e. The molecule has 0 radical (unpaired) electrons. The van der Waals surface area contributed by atoms with Gasteiger partial charge in [-0.2, -0.15) is 11.8 Å². The zero-order chi connectivity index (χ0) is 13.5. The Morgan fingerprint density at radius 3 is 2.75 bits per heavy atom. The van der Waals surface area contributed by atoms with Crippen LogP contribution in [0.2, 0.25) is 0 Å². The molecular weight excluding hydrogens is 385 g/mol. The van der Waals surface area contributed by atoms with Crippen molar-refractivity contribution in [2.45, 2.75) is 51.2 Å². The lowest BCUT2D eigenvalue weighted by molar-refractivity contribution is 0.136. The second kappa shape index (κ2) is 10.1. The Bertz CT molecular complexity index is 298. The maximum atomic E-state index is 9.84.